The number of nitrogens with one attached hydrogen (secondary N) is 1. The van der Waals surface area contributed by atoms with Crippen LogP contribution < -0.4 is 10.8 Å². The first-order chi connectivity index (χ1) is 11.0. The predicted molar refractivity (Wildman–Crippen MR) is 92.9 cm³/mol. The molecule has 0 radical (unpaired) electrons. The fourth-order valence-corrected chi connectivity index (χ4v) is 2.64. The monoisotopic (exact) mass is 351 g/mol. The first-order valence-corrected chi connectivity index (χ1v) is 9.68. The molecular weight excluding hydrogens is 329 g/mol. The average molecular weight is 351 g/mol. The summed E-state index contributed by atoms with van der Waals surface area (Å²) < 4.78 is 34.2. The molecule has 2 rings (SSSR count). The molecule has 1 N–H and O–H groups in total. The van der Waals surface area contributed by atoms with Crippen LogP contribution in [0.3, 0.4) is 0 Å². The molecule has 1 aliphatic rings. The molecule has 7 nitrogen and oxygen atoms in total. The molecular formula is C15H22BN3O4S. The second-order valence-electron chi connectivity index (χ2n) is 6.92. The minimum absolute atomic E-state index is 0.0292. The lowest BCUT2D eigenvalue weighted by Gasteiger charge is -2.32. The number of pyridine rings is 1. The van der Waals surface area contributed by atoms with Gasteiger partial charge in [0.05, 0.1) is 22.5 Å². The maximum absolute atomic E-state index is 11.2. The van der Waals surface area contributed by atoms with Crippen molar-refractivity contribution in [2.75, 3.05) is 23.9 Å². The first-order valence-electron chi connectivity index (χ1n) is 7.62. The number of hydrogen-bond acceptors (Lipinski definition) is 7. The normalized spacial score (nSPS) is 19.1. The molecule has 1 aromatic rings. The van der Waals surface area contributed by atoms with Gasteiger partial charge < -0.3 is 14.6 Å². The first kappa shape index (κ1) is 18.7. The molecule has 9 heteroatoms. The molecule has 1 fully saturated rings. The highest BCUT2D eigenvalue weighted by atomic mass is 32.2. The van der Waals surface area contributed by atoms with E-state index in [-0.39, 0.29) is 12.3 Å². The Hall–Kier alpha value is -1.63. The molecule has 0 aliphatic carbocycles. The fraction of sp³-hybridized carbons (Fsp3) is 0.600. The lowest BCUT2D eigenvalue weighted by atomic mass is 9.79. The van der Waals surface area contributed by atoms with Crippen molar-refractivity contribution in [1.29, 1.82) is 5.26 Å². The van der Waals surface area contributed by atoms with E-state index >= 15 is 0 Å². The molecule has 2 heterocycles. The zero-order chi connectivity index (χ0) is 18.2. The molecule has 1 aliphatic heterocycles. The minimum atomic E-state index is -3.07. The van der Waals surface area contributed by atoms with Gasteiger partial charge in [0.25, 0.3) is 0 Å². The van der Waals surface area contributed by atoms with E-state index in [9.17, 15) is 13.7 Å². The molecule has 1 saturated heterocycles. The van der Waals surface area contributed by atoms with E-state index < -0.39 is 28.2 Å². The van der Waals surface area contributed by atoms with Crippen molar-refractivity contribution in [1.82, 2.24) is 4.98 Å². The standard InChI is InChI=1S/C15H22BN3O4S/c1-14(2)15(3,4)23-16(22-14)12-8-11(9-17)13(19-10-12)18-6-7-24(5,20)21/h8,10H,6-7H2,1-5H3,(H,18,19). The highest BCUT2D eigenvalue weighted by Crippen LogP contribution is 2.36. The summed E-state index contributed by atoms with van der Waals surface area (Å²) in [6.07, 6.45) is 2.74. The highest BCUT2D eigenvalue weighted by Gasteiger charge is 2.51. The third-order valence-electron chi connectivity index (χ3n) is 4.32. The van der Waals surface area contributed by atoms with Crippen molar-refractivity contribution in [2.24, 2.45) is 0 Å². The van der Waals surface area contributed by atoms with Gasteiger partial charge in [-0.1, -0.05) is 0 Å². The van der Waals surface area contributed by atoms with Crippen LogP contribution in [0.25, 0.3) is 0 Å². The van der Waals surface area contributed by atoms with E-state index in [0.29, 0.717) is 16.8 Å². The second-order valence-corrected chi connectivity index (χ2v) is 9.18. The van der Waals surface area contributed by atoms with Gasteiger partial charge in [-0.25, -0.2) is 13.4 Å². The third-order valence-corrected chi connectivity index (χ3v) is 5.27. The number of hydrogen-bond donors (Lipinski definition) is 1. The summed E-state index contributed by atoms with van der Waals surface area (Å²) in [5.41, 5.74) is 0.0166. The van der Waals surface area contributed by atoms with Crippen molar-refractivity contribution in [3.63, 3.8) is 0 Å². The maximum Gasteiger partial charge on any atom is 0.496 e. The number of nitrogens with zero attached hydrogens (tertiary/aromatic N) is 2. The van der Waals surface area contributed by atoms with E-state index in [1.807, 2.05) is 27.7 Å². The van der Waals surface area contributed by atoms with E-state index in [1.54, 1.807) is 12.3 Å². The number of nitriles is 1. The molecule has 0 bridgehead atoms. The largest absolute Gasteiger partial charge is 0.496 e. The molecule has 0 amide bonds. The van der Waals surface area contributed by atoms with Gasteiger partial charge in [-0.05, 0) is 33.8 Å². The Labute approximate surface area is 143 Å². The lowest BCUT2D eigenvalue weighted by Crippen LogP contribution is -2.41. The molecule has 0 saturated carbocycles. The van der Waals surface area contributed by atoms with Crippen molar-refractivity contribution in [3.8, 4) is 6.07 Å². The van der Waals surface area contributed by atoms with E-state index in [0.717, 1.165) is 6.26 Å². The summed E-state index contributed by atoms with van der Waals surface area (Å²) in [5, 5.41) is 12.2. The summed E-state index contributed by atoms with van der Waals surface area (Å²) in [6.45, 7) is 8.00. The molecule has 130 valence electrons. The van der Waals surface area contributed by atoms with Gasteiger partial charge in [-0.15, -0.1) is 0 Å². The van der Waals surface area contributed by atoms with Crippen LogP contribution in [0.1, 0.15) is 33.3 Å². The Kier molecular flexibility index (Phi) is 4.95. The van der Waals surface area contributed by atoms with Crippen molar-refractivity contribution >= 4 is 28.2 Å². The number of sulfone groups is 1. The predicted octanol–water partition coefficient (Wildman–Crippen LogP) is 0.709. The molecule has 0 spiro atoms. The summed E-state index contributed by atoms with van der Waals surface area (Å²) in [6, 6.07) is 3.71. The van der Waals surface area contributed by atoms with Gasteiger partial charge >= 0.3 is 7.12 Å². The van der Waals surface area contributed by atoms with Gasteiger partial charge in [-0.2, -0.15) is 5.26 Å². The maximum atomic E-state index is 11.2. The summed E-state index contributed by atoms with van der Waals surface area (Å²) in [5.74, 6) is 0.319. The van der Waals surface area contributed by atoms with Crippen LogP contribution in [0.2, 0.25) is 0 Å². The number of aromatic nitrogens is 1. The van der Waals surface area contributed by atoms with Gasteiger partial charge in [-0.3, -0.25) is 0 Å². The Morgan fingerprint density at radius 3 is 2.38 bits per heavy atom. The number of rotatable bonds is 5. The quantitative estimate of drug-likeness (QED) is 0.780. The van der Waals surface area contributed by atoms with Crippen LogP contribution >= 0.6 is 0 Å². The third kappa shape index (κ3) is 4.07. The zero-order valence-electron chi connectivity index (χ0n) is 14.6. The Balaban J connectivity index is 2.17. The van der Waals surface area contributed by atoms with Crippen LogP contribution in [0.5, 0.6) is 0 Å². The second kappa shape index (κ2) is 6.35. The highest BCUT2D eigenvalue weighted by molar-refractivity contribution is 7.90. The van der Waals surface area contributed by atoms with Gasteiger partial charge in [0.1, 0.15) is 21.7 Å². The summed E-state index contributed by atoms with van der Waals surface area (Å²) in [7, 11) is -3.67. The van der Waals surface area contributed by atoms with Gasteiger partial charge in [0.2, 0.25) is 0 Å². The average Bonchev–Trinajstić information content (AvgIpc) is 2.66. The van der Waals surface area contributed by atoms with Crippen molar-refractivity contribution in [2.45, 2.75) is 38.9 Å². The van der Waals surface area contributed by atoms with Gasteiger partial charge in [0, 0.05) is 24.5 Å². The van der Waals surface area contributed by atoms with Crippen LogP contribution in [0, 0.1) is 11.3 Å². The Morgan fingerprint density at radius 2 is 1.88 bits per heavy atom. The molecule has 0 aromatic carbocycles. The number of anilines is 1. The van der Waals surface area contributed by atoms with Crippen LogP contribution in [-0.2, 0) is 19.1 Å². The fourth-order valence-electron chi connectivity index (χ4n) is 2.17. The van der Waals surface area contributed by atoms with E-state index in [2.05, 4.69) is 16.4 Å². The van der Waals surface area contributed by atoms with Crippen LogP contribution in [0.4, 0.5) is 5.82 Å². The lowest BCUT2D eigenvalue weighted by molar-refractivity contribution is 0.00578. The summed E-state index contributed by atoms with van der Waals surface area (Å²) in [4.78, 5) is 4.22. The summed E-state index contributed by atoms with van der Waals surface area (Å²) >= 11 is 0. The van der Waals surface area contributed by atoms with E-state index in [4.69, 9.17) is 9.31 Å². The molecule has 0 unspecified atom stereocenters. The Bertz CT molecular complexity index is 755. The topological polar surface area (TPSA) is 101 Å². The van der Waals surface area contributed by atoms with Crippen LogP contribution in [0.15, 0.2) is 12.3 Å². The molecule has 24 heavy (non-hydrogen) atoms. The molecule has 0 atom stereocenters. The SMILES string of the molecule is CC1(C)OB(c2cnc(NCCS(C)(=O)=O)c(C#N)c2)OC1(C)C. The van der Waals surface area contributed by atoms with Crippen molar-refractivity contribution in [3.05, 3.63) is 17.8 Å². The minimum Gasteiger partial charge on any atom is -0.399 e. The van der Waals surface area contributed by atoms with Crippen molar-refractivity contribution < 1.29 is 17.7 Å². The smallest absolute Gasteiger partial charge is 0.399 e. The van der Waals surface area contributed by atoms with E-state index in [1.165, 1.54) is 0 Å². The Morgan fingerprint density at radius 1 is 1.29 bits per heavy atom. The molecule has 1 aromatic heterocycles. The van der Waals surface area contributed by atoms with Crippen LogP contribution in [-0.4, -0.2) is 50.3 Å². The van der Waals surface area contributed by atoms with Gasteiger partial charge in [0.15, 0.2) is 0 Å². The zero-order valence-corrected chi connectivity index (χ0v) is 15.4.